The summed E-state index contributed by atoms with van der Waals surface area (Å²) in [7, 11) is 0. The molecule has 0 atom stereocenters. The lowest BCUT2D eigenvalue weighted by Crippen LogP contribution is -2.30. The number of H-pyrrole nitrogens is 1. The van der Waals surface area contributed by atoms with Crippen molar-refractivity contribution in [2.24, 2.45) is 0 Å². The Kier molecular flexibility index (Phi) is 3.95. The summed E-state index contributed by atoms with van der Waals surface area (Å²) in [4.78, 5) is 2.51. The Bertz CT molecular complexity index is 863. The van der Waals surface area contributed by atoms with Gasteiger partial charge in [-0.1, -0.05) is 36.4 Å². The molecule has 2 heterocycles. The van der Waals surface area contributed by atoms with Crippen LogP contribution in [0.1, 0.15) is 27.8 Å². The van der Waals surface area contributed by atoms with Gasteiger partial charge in [0.25, 0.3) is 0 Å². The Hall–Kier alpha value is -2.39. The minimum absolute atomic E-state index is 0.938. The van der Waals surface area contributed by atoms with Crippen LogP contribution in [0.4, 0.5) is 0 Å². The summed E-state index contributed by atoms with van der Waals surface area (Å²) in [5.41, 5.74) is 9.25. The normalized spacial score (nSPS) is 14.6. The van der Waals surface area contributed by atoms with E-state index in [-0.39, 0.29) is 0 Å². The van der Waals surface area contributed by atoms with E-state index >= 15 is 0 Å². The number of hydrogen-bond acceptors (Lipinski definition) is 2. The number of rotatable bonds is 3. The van der Waals surface area contributed by atoms with Crippen molar-refractivity contribution in [2.45, 2.75) is 33.4 Å². The molecule has 3 nitrogen and oxygen atoms in total. The highest BCUT2D eigenvalue weighted by molar-refractivity contribution is 5.64. The van der Waals surface area contributed by atoms with Gasteiger partial charge in [0.15, 0.2) is 0 Å². The highest BCUT2D eigenvalue weighted by Crippen LogP contribution is 2.26. The first-order chi connectivity index (χ1) is 11.7. The van der Waals surface area contributed by atoms with Crippen LogP contribution in [-0.4, -0.2) is 21.6 Å². The van der Waals surface area contributed by atoms with Gasteiger partial charge in [-0.05, 0) is 48.6 Å². The third-order valence-electron chi connectivity index (χ3n) is 5.12. The van der Waals surface area contributed by atoms with Crippen LogP contribution in [0, 0.1) is 13.8 Å². The summed E-state index contributed by atoms with van der Waals surface area (Å²) in [6.45, 7) is 7.38. The lowest BCUT2D eigenvalue weighted by atomic mass is 9.98. The highest BCUT2D eigenvalue weighted by atomic mass is 15.1. The largest absolute Gasteiger partial charge is 0.294 e. The molecular weight excluding hydrogens is 294 g/mol. The monoisotopic (exact) mass is 317 g/mol. The van der Waals surface area contributed by atoms with Crippen LogP contribution in [0.25, 0.3) is 11.3 Å². The second-order valence-corrected chi connectivity index (χ2v) is 6.80. The number of hydrogen-bond donors (Lipinski definition) is 1. The summed E-state index contributed by atoms with van der Waals surface area (Å²) in [6, 6.07) is 15.4. The highest BCUT2D eigenvalue weighted by Gasteiger charge is 2.18. The number of fused-ring (bicyclic) bond motifs is 1. The van der Waals surface area contributed by atoms with Crippen molar-refractivity contribution in [2.75, 3.05) is 6.54 Å². The maximum atomic E-state index is 4.31. The molecule has 1 aliphatic rings. The average molecular weight is 317 g/mol. The summed E-state index contributed by atoms with van der Waals surface area (Å²) in [6.07, 6.45) is 3.11. The van der Waals surface area contributed by atoms with Crippen molar-refractivity contribution in [1.29, 1.82) is 0 Å². The fraction of sp³-hybridized carbons (Fsp3) is 0.286. The number of aromatic nitrogens is 2. The zero-order valence-corrected chi connectivity index (χ0v) is 14.3. The predicted octanol–water partition coefficient (Wildman–Crippen LogP) is 4.25. The second-order valence-electron chi connectivity index (χ2n) is 6.80. The summed E-state index contributed by atoms with van der Waals surface area (Å²) >= 11 is 0. The van der Waals surface area contributed by atoms with Crippen molar-refractivity contribution in [3.05, 3.63) is 76.5 Å². The molecule has 0 radical (unpaired) electrons. The molecule has 3 heteroatoms. The third-order valence-corrected chi connectivity index (χ3v) is 5.12. The van der Waals surface area contributed by atoms with Crippen LogP contribution in [-0.2, 0) is 19.5 Å². The predicted molar refractivity (Wildman–Crippen MR) is 97.8 cm³/mol. The molecule has 0 aliphatic carbocycles. The van der Waals surface area contributed by atoms with Gasteiger partial charge in [-0.2, -0.15) is 5.10 Å². The molecule has 3 aromatic rings. The van der Waals surface area contributed by atoms with Crippen molar-refractivity contribution in [3.63, 3.8) is 0 Å². The topological polar surface area (TPSA) is 31.9 Å². The first-order valence-electron chi connectivity index (χ1n) is 8.60. The number of nitrogens with one attached hydrogen (secondary N) is 1. The van der Waals surface area contributed by atoms with Gasteiger partial charge in [-0.3, -0.25) is 10.00 Å². The van der Waals surface area contributed by atoms with Crippen LogP contribution in [0.5, 0.6) is 0 Å². The molecule has 0 saturated heterocycles. The van der Waals surface area contributed by atoms with Crippen LogP contribution in [0.2, 0.25) is 0 Å². The first kappa shape index (κ1) is 15.2. The number of nitrogens with zero attached hydrogens (tertiary/aromatic N) is 2. The molecule has 2 aromatic carbocycles. The molecule has 24 heavy (non-hydrogen) atoms. The molecule has 0 amide bonds. The Morgan fingerprint density at radius 1 is 1.04 bits per heavy atom. The van der Waals surface area contributed by atoms with Gasteiger partial charge in [0.1, 0.15) is 0 Å². The number of benzene rings is 2. The fourth-order valence-corrected chi connectivity index (χ4v) is 3.51. The number of aryl methyl sites for hydroxylation is 2. The Morgan fingerprint density at radius 3 is 2.71 bits per heavy atom. The molecular formula is C21H23N3. The van der Waals surface area contributed by atoms with Crippen LogP contribution in [0.3, 0.4) is 0 Å². The van der Waals surface area contributed by atoms with E-state index in [4.69, 9.17) is 0 Å². The van der Waals surface area contributed by atoms with Gasteiger partial charge in [-0.15, -0.1) is 0 Å². The van der Waals surface area contributed by atoms with Crippen molar-refractivity contribution < 1.29 is 0 Å². The Balaban J connectivity index is 1.56. The molecule has 1 aromatic heterocycles. The summed E-state index contributed by atoms with van der Waals surface area (Å²) < 4.78 is 0. The van der Waals surface area contributed by atoms with Crippen molar-refractivity contribution >= 4 is 0 Å². The van der Waals surface area contributed by atoms with Crippen LogP contribution in [0.15, 0.2) is 48.7 Å². The minimum atomic E-state index is 0.938. The molecule has 0 spiro atoms. The fourth-order valence-electron chi connectivity index (χ4n) is 3.51. The lowest BCUT2D eigenvalue weighted by molar-refractivity contribution is 0.246. The molecule has 0 bridgehead atoms. The Morgan fingerprint density at radius 2 is 1.88 bits per heavy atom. The molecule has 0 fully saturated rings. The van der Waals surface area contributed by atoms with Gasteiger partial charge in [0, 0.05) is 30.8 Å². The average Bonchev–Trinajstić information content (AvgIpc) is 3.05. The molecule has 0 saturated carbocycles. The zero-order chi connectivity index (χ0) is 16.5. The standard InChI is InChI=1S/C21H23N3/c1-15-7-8-18(11-16(15)2)21-20(12-22-23-21)14-24-10-9-17-5-3-4-6-19(17)13-24/h3-8,11-12H,9-10,13-14H2,1-2H3,(H,22,23). The summed E-state index contributed by atoms with van der Waals surface area (Å²) in [5, 5.41) is 7.51. The second kappa shape index (κ2) is 6.25. The minimum Gasteiger partial charge on any atom is -0.294 e. The third kappa shape index (κ3) is 2.87. The van der Waals surface area contributed by atoms with Gasteiger partial charge in [0.2, 0.25) is 0 Å². The first-order valence-corrected chi connectivity index (χ1v) is 8.60. The van der Waals surface area contributed by atoms with Gasteiger partial charge in [-0.25, -0.2) is 0 Å². The molecule has 0 unspecified atom stereocenters. The van der Waals surface area contributed by atoms with E-state index < -0.39 is 0 Å². The van der Waals surface area contributed by atoms with E-state index in [1.165, 1.54) is 33.4 Å². The maximum Gasteiger partial charge on any atom is 0.0695 e. The maximum absolute atomic E-state index is 4.31. The van der Waals surface area contributed by atoms with E-state index in [0.717, 1.165) is 31.7 Å². The Labute approximate surface area is 143 Å². The van der Waals surface area contributed by atoms with Crippen LogP contribution < -0.4 is 0 Å². The SMILES string of the molecule is Cc1ccc(-c2[nH]ncc2CN2CCc3ccccc3C2)cc1C. The van der Waals surface area contributed by atoms with E-state index in [9.17, 15) is 0 Å². The lowest BCUT2D eigenvalue weighted by Gasteiger charge is -2.28. The molecule has 1 aliphatic heterocycles. The van der Waals surface area contributed by atoms with E-state index in [1.54, 1.807) is 0 Å². The van der Waals surface area contributed by atoms with Crippen LogP contribution >= 0.6 is 0 Å². The smallest absolute Gasteiger partial charge is 0.0695 e. The van der Waals surface area contributed by atoms with Crippen molar-refractivity contribution in [1.82, 2.24) is 15.1 Å². The molecule has 4 rings (SSSR count). The van der Waals surface area contributed by atoms with E-state index in [2.05, 4.69) is 71.4 Å². The number of aromatic amines is 1. The van der Waals surface area contributed by atoms with E-state index in [0.29, 0.717) is 0 Å². The molecule has 1 N–H and O–H groups in total. The summed E-state index contributed by atoms with van der Waals surface area (Å²) in [5.74, 6) is 0. The molecule has 122 valence electrons. The van der Waals surface area contributed by atoms with E-state index in [1.807, 2.05) is 6.20 Å². The van der Waals surface area contributed by atoms with Gasteiger partial charge in [0.05, 0.1) is 11.9 Å². The zero-order valence-electron chi connectivity index (χ0n) is 14.3. The van der Waals surface area contributed by atoms with Crippen molar-refractivity contribution in [3.8, 4) is 11.3 Å². The van der Waals surface area contributed by atoms with Gasteiger partial charge < -0.3 is 0 Å². The van der Waals surface area contributed by atoms with Gasteiger partial charge >= 0.3 is 0 Å². The quantitative estimate of drug-likeness (QED) is 0.783.